The zero-order valence-corrected chi connectivity index (χ0v) is 14.2. The van der Waals surface area contributed by atoms with Crippen LogP contribution in [0.1, 0.15) is 37.5 Å². The molecule has 0 aliphatic carbocycles. The third-order valence-corrected chi connectivity index (χ3v) is 4.06. The Kier molecular flexibility index (Phi) is 5.71. The molecule has 1 aromatic carbocycles. The predicted molar refractivity (Wildman–Crippen MR) is 81.2 cm³/mol. The Morgan fingerprint density at radius 2 is 1.27 bits per heavy atom. The number of alkyl halides is 6. The molecule has 2 atom stereocenters. The van der Waals surface area contributed by atoms with Gasteiger partial charge in [0.15, 0.2) is 17.0 Å². The number of carbonyl (C=O) groups is 1. The van der Waals surface area contributed by atoms with E-state index in [1.807, 2.05) is 0 Å². The van der Waals surface area contributed by atoms with Crippen molar-refractivity contribution < 1.29 is 41.4 Å². The van der Waals surface area contributed by atoms with Gasteiger partial charge in [-0.3, -0.25) is 4.79 Å². The van der Waals surface area contributed by atoms with E-state index in [1.54, 1.807) is 0 Å². The van der Waals surface area contributed by atoms with Crippen LogP contribution in [0, 0.1) is 0 Å². The van der Waals surface area contributed by atoms with Crippen LogP contribution in [-0.2, 0) is 22.4 Å². The molecule has 1 rings (SSSR count). The molecule has 0 aliphatic rings. The summed E-state index contributed by atoms with van der Waals surface area (Å²) in [6, 6.07) is 1.99. The van der Waals surface area contributed by atoms with Gasteiger partial charge in [-0.15, -0.1) is 0 Å². The fourth-order valence-electron chi connectivity index (χ4n) is 2.02. The van der Waals surface area contributed by atoms with Crippen LogP contribution in [0.25, 0.3) is 0 Å². The normalized spacial score (nSPS) is 17.3. The summed E-state index contributed by atoms with van der Waals surface area (Å²) in [6.45, 7) is 5.45. The van der Waals surface area contributed by atoms with Gasteiger partial charge < -0.3 is 10.2 Å². The molecule has 0 spiro atoms. The van der Waals surface area contributed by atoms with Crippen molar-refractivity contribution in [2.75, 3.05) is 0 Å². The smallest absolute Gasteiger partial charge is 0.376 e. The standard InChI is InChI=1S/C17H18F6O3/c1-9(2)13(24)7-10-5-11(14(3,25)16(18,19)20)8-12(6-10)15(4,26)17(21,22)23/h5-6,8,25-26H,1,7H2,2-4H3. The number of aliphatic hydroxyl groups is 2. The largest absolute Gasteiger partial charge is 0.421 e. The van der Waals surface area contributed by atoms with E-state index in [2.05, 4.69) is 6.58 Å². The van der Waals surface area contributed by atoms with Crippen molar-refractivity contribution >= 4 is 5.78 Å². The summed E-state index contributed by atoms with van der Waals surface area (Å²) < 4.78 is 78.5. The number of halogens is 6. The second-order valence-corrected chi connectivity index (χ2v) is 6.44. The summed E-state index contributed by atoms with van der Waals surface area (Å²) in [5.74, 6) is -0.605. The van der Waals surface area contributed by atoms with E-state index >= 15 is 0 Å². The van der Waals surface area contributed by atoms with Gasteiger partial charge >= 0.3 is 12.4 Å². The zero-order valence-electron chi connectivity index (χ0n) is 14.2. The lowest BCUT2D eigenvalue weighted by Gasteiger charge is -2.31. The summed E-state index contributed by atoms with van der Waals surface area (Å²) in [5, 5.41) is 19.6. The molecule has 0 amide bonds. The van der Waals surface area contributed by atoms with Crippen LogP contribution in [0.2, 0.25) is 0 Å². The molecule has 3 nitrogen and oxygen atoms in total. The number of hydrogen-bond acceptors (Lipinski definition) is 3. The first-order chi connectivity index (χ1) is 11.4. The van der Waals surface area contributed by atoms with Crippen LogP contribution in [0.3, 0.4) is 0 Å². The molecule has 0 heterocycles. The fraction of sp³-hybridized carbons (Fsp3) is 0.471. The van der Waals surface area contributed by atoms with Crippen LogP contribution < -0.4 is 0 Å². The lowest BCUT2D eigenvalue weighted by molar-refractivity contribution is -0.261. The lowest BCUT2D eigenvalue weighted by atomic mass is 9.85. The van der Waals surface area contributed by atoms with E-state index in [0.29, 0.717) is 19.9 Å². The van der Waals surface area contributed by atoms with Crippen LogP contribution >= 0.6 is 0 Å². The van der Waals surface area contributed by atoms with Crippen LogP contribution in [0.15, 0.2) is 30.4 Å². The quantitative estimate of drug-likeness (QED) is 0.598. The van der Waals surface area contributed by atoms with Crippen molar-refractivity contribution in [2.24, 2.45) is 0 Å². The van der Waals surface area contributed by atoms with Gasteiger partial charge in [0, 0.05) is 6.42 Å². The van der Waals surface area contributed by atoms with Gasteiger partial charge in [0.05, 0.1) is 0 Å². The Morgan fingerprint density at radius 1 is 0.923 bits per heavy atom. The van der Waals surface area contributed by atoms with E-state index in [4.69, 9.17) is 0 Å². The molecule has 0 saturated heterocycles. The molecular formula is C17H18F6O3. The first-order valence-corrected chi connectivity index (χ1v) is 7.33. The highest BCUT2D eigenvalue weighted by molar-refractivity contribution is 5.95. The fourth-order valence-corrected chi connectivity index (χ4v) is 2.02. The predicted octanol–water partition coefficient (Wildman–Crippen LogP) is 3.91. The lowest BCUT2D eigenvalue weighted by Crippen LogP contribution is -2.42. The summed E-state index contributed by atoms with van der Waals surface area (Å²) >= 11 is 0. The third-order valence-electron chi connectivity index (χ3n) is 4.06. The molecule has 0 radical (unpaired) electrons. The topological polar surface area (TPSA) is 57.5 Å². The number of ketones is 1. The second kappa shape index (κ2) is 6.70. The van der Waals surface area contributed by atoms with Crippen molar-refractivity contribution in [1.82, 2.24) is 0 Å². The highest BCUT2D eigenvalue weighted by atomic mass is 19.4. The van der Waals surface area contributed by atoms with E-state index in [1.165, 1.54) is 6.92 Å². The Hall–Kier alpha value is -1.87. The van der Waals surface area contributed by atoms with Crippen molar-refractivity contribution in [3.63, 3.8) is 0 Å². The molecule has 0 aliphatic heterocycles. The number of hydrogen-bond donors (Lipinski definition) is 2. The van der Waals surface area contributed by atoms with Gasteiger partial charge in [-0.05, 0) is 49.1 Å². The number of benzene rings is 1. The molecular weight excluding hydrogens is 366 g/mol. The van der Waals surface area contributed by atoms with Crippen molar-refractivity contribution in [1.29, 1.82) is 0 Å². The molecule has 0 saturated carbocycles. The SMILES string of the molecule is C=C(C)C(=O)Cc1cc(C(C)(O)C(F)(F)F)cc(C(C)(O)C(F)(F)F)c1. The Labute approximate surface area is 145 Å². The highest BCUT2D eigenvalue weighted by Gasteiger charge is 2.54. The van der Waals surface area contributed by atoms with Gasteiger partial charge in [-0.25, -0.2) is 0 Å². The van der Waals surface area contributed by atoms with Gasteiger partial charge in [-0.1, -0.05) is 18.7 Å². The highest BCUT2D eigenvalue weighted by Crippen LogP contribution is 2.43. The number of allylic oxidation sites excluding steroid dienone is 1. The molecule has 0 bridgehead atoms. The van der Waals surface area contributed by atoms with E-state index in [0.717, 1.165) is 12.1 Å². The van der Waals surface area contributed by atoms with E-state index in [9.17, 15) is 41.4 Å². The minimum absolute atomic E-state index is 0.0575. The monoisotopic (exact) mass is 384 g/mol. The second-order valence-electron chi connectivity index (χ2n) is 6.44. The third kappa shape index (κ3) is 4.27. The molecule has 1 aromatic rings. The molecule has 9 heteroatoms. The molecule has 2 unspecified atom stereocenters. The van der Waals surface area contributed by atoms with E-state index in [-0.39, 0.29) is 11.1 Å². The van der Waals surface area contributed by atoms with Gasteiger partial charge in [0.25, 0.3) is 0 Å². The van der Waals surface area contributed by atoms with Crippen molar-refractivity contribution in [2.45, 2.75) is 50.7 Å². The molecule has 26 heavy (non-hydrogen) atoms. The average Bonchev–Trinajstić information content (AvgIpc) is 2.44. The summed E-state index contributed by atoms with van der Waals surface area (Å²) in [6.07, 6.45) is -10.9. The van der Waals surface area contributed by atoms with E-state index < -0.39 is 46.9 Å². The zero-order chi connectivity index (χ0) is 20.7. The molecule has 2 N–H and O–H groups in total. The van der Waals surface area contributed by atoms with Crippen LogP contribution in [-0.4, -0.2) is 28.3 Å². The summed E-state index contributed by atoms with van der Waals surface area (Å²) in [4.78, 5) is 11.8. The van der Waals surface area contributed by atoms with Gasteiger partial charge in [0.1, 0.15) is 0 Å². The minimum Gasteiger partial charge on any atom is -0.376 e. The maximum atomic E-state index is 13.1. The molecule has 146 valence electrons. The summed E-state index contributed by atoms with van der Waals surface area (Å²) in [5.41, 5.74) is -8.97. The maximum Gasteiger partial charge on any atom is 0.421 e. The number of carbonyl (C=O) groups excluding carboxylic acids is 1. The summed E-state index contributed by atoms with van der Waals surface area (Å²) in [7, 11) is 0. The van der Waals surface area contributed by atoms with Crippen molar-refractivity contribution in [3.8, 4) is 0 Å². The van der Waals surface area contributed by atoms with Gasteiger partial charge in [0.2, 0.25) is 0 Å². The van der Waals surface area contributed by atoms with Gasteiger partial charge in [-0.2, -0.15) is 26.3 Å². The number of rotatable bonds is 5. The Bertz CT molecular complexity index is 670. The first-order valence-electron chi connectivity index (χ1n) is 7.33. The number of Topliss-reactive ketones (excluding diaryl/α,β-unsaturated/α-hetero) is 1. The van der Waals surface area contributed by atoms with Crippen molar-refractivity contribution in [3.05, 3.63) is 47.0 Å². The Morgan fingerprint density at radius 3 is 1.54 bits per heavy atom. The minimum atomic E-state index is -5.19. The average molecular weight is 384 g/mol. The maximum absolute atomic E-state index is 13.1. The molecule has 0 aromatic heterocycles. The van der Waals surface area contributed by atoms with Crippen LogP contribution in [0.5, 0.6) is 0 Å². The molecule has 0 fully saturated rings. The first kappa shape index (κ1) is 22.2. The Balaban J connectivity index is 3.65. The van der Waals surface area contributed by atoms with Crippen LogP contribution in [0.4, 0.5) is 26.3 Å².